The van der Waals surface area contributed by atoms with Gasteiger partial charge >= 0.3 is 0 Å². The van der Waals surface area contributed by atoms with E-state index in [-0.39, 0.29) is 5.78 Å². The summed E-state index contributed by atoms with van der Waals surface area (Å²) in [6.45, 7) is 4.13. The zero-order valence-electron chi connectivity index (χ0n) is 9.83. The van der Waals surface area contributed by atoms with Crippen LogP contribution in [0.15, 0.2) is 24.3 Å². The fourth-order valence-electron chi connectivity index (χ4n) is 2.30. The molecular formula is C14H19NO. The molecule has 2 nitrogen and oxygen atoms in total. The Hall–Kier alpha value is -1.15. The van der Waals surface area contributed by atoms with E-state index in [1.54, 1.807) is 0 Å². The van der Waals surface area contributed by atoms with Crippen LogP contribution in [0.25, 0.3) is 0 Å². The maximum atomic E-state index is 12.0. The minimum absolute atomic E-state index is 0.289. The van der Waals surface area contributed by atoms with Crippen LogP contribution in [0, 0.1) is 12.8 Å². The van der Waals surface area contributed by atoms with E-state index in [2.05, 4.69) is 5.32 Å². The lowest BCUT2D eigenvalue weighted by molar-refractivity contribution is 0.0953. The zero-order valence-corrected chi connectivity index (χ0v) is 9.83. The average Bonchev–Trinajstić information content (AvgIpc) is 2.30. The third kappa shape index (κ3) is 2.92. The molecule has 0 saturated carbocycles. The third-order valence-corrected chi connectivity index (χ3v) is 3.21. The van der Waals surface area contributed by atoms with Gasteiger partial charge in [0.1, 0.15) is 0 Å². The molecule has 1 saturated heterocycles. The minimum atomic E-state index is 0.289. The van der Waals surface area contributed by atoms with Crippen molar-refractivity contribution in [2.75, 3.05) is 13.1 Å². The number of benzene rings is 1. The molecule has 1 aromatic rings. The summed E-state index contributed by atoms with van der Waals surface area (Å²) in [5.41, 5.74) is 2.03. The van der Waals surface area contributed by atoms with Gasteiger partial charge in [-0.3, -0.25) is 4.79 Å². The molecule has 0 spiro atoms. The van der Waals surface area contributed by atoms with E-state index in [1.807, 2.05) is 31.2 Å². The van der Waals surface area contributed by atoms with E-state index >= 15 is 0 Å². The Bertz CT molecular complexity index is 367. The Morgan fingerprint density at radius 2 is 2.38 bits per heavy atom. The topological polar surface area (TPSA) is 29.1 Å². The Morgan fingerprint density at radius 1 is 1.50 bits per heavy atom. The second-order valence-electron chi connectivity index (χ2n) is 4.71. The SMILES string of the molecule is Cc1cccc(C(=O)CC2CCCNC2)c1. The van der Waals surface area contributed by atoms with Gasteiger partial charge in [0.25, 0.3) is 0 Å². The predicted molar refractivity (Wildman–Crippen MR) is 65.7 cm³/mol. The van der Waals surface area contributed by atoms with Crippen molar-refractivity contribution in [1.29, 1.82) is 0 Å². The molecule has 1 atom stereocenters. The van der Waals surface area contributed by atoms with Crippen molar-refractivity contribution in [2.45, 2.75) is 26.2 Å². The first-order valence-electron chi connectivity index (χ1n) is 6.06. The van der Waals surface area contributed by atoms with Gasteiger partial charge in [0.2, 0.25) is 0 Å². The van der Waals surface area contributed by atoms with Crippen LogP contribution >= 0.6 is 0 Å². The third-order valence-electron chi connectivity index (χ3n) is 3.21. The van der Waals surface area contributed by atoms with Gasteiger partial charge in [0.05, 0.1) is 0 Å². The van der Waals surface area contributed by atoms with E-state index in [4.69, 9.17) is 0 Å². The van der Waals surface area contributed by atoms with Crippen molar-refractivity contribution in [3.63, 3.8) is 0 Å². The summed E-state index contributed by atoms with van der Waals surface area (Å²) in [6, 6.07) is 7.89. The number of hydrogen-bond donors (Lipinski definition) is 1. The number of carbonyl (C=O) groups is 1. The first-order chi connectivity index (χ1) is 7.75. The lowest BCUT2D eigenvalue weighted by Gasteiger charge is -2.21. The van der Waals surface area contributed by atoms with Gasteiger partial charge in [-0.25, -0.2) is 0 Å². The van der Waals surface area contributed by atoms with Crippen LogP contribution in [0.1, 0.15) is 35.2 Å². The highest BCUT2D eigenvalue weighted by molar-refractivity contribution is 5.96. The molecule has 2 heteroatoms. The second kappa shape index (κ2) is 5.26. The van der Waals surface area contributed by atoms with Crippen LogP contribution in [0.3, 0.4) is 0 Å². The molecule has 16 heavy (non-hydrogen) atoms. The number of carbonyl (C=O) groups excluding carboxylic acids is 1. The van der Waals surface area contributed by atoms with Crippen LogP contribution in [0.5, 0.6) is 0 Å². The summed E-state index contributed by atoms with van der Waals surface area (Å²) in [5, 5.41) is 3.35. The first-order valence-corrected chi connectivity index (χ1v) is 6.06. The predicted octanol–water partition coefficient (Wildman–Crippen LogP) is 2.57. The van der Waals surface area contributed by atoms with Crippen molar-refractivity contribution < 1.29 is 4.79 Å². The molecule has 0 aliphatic carbocycles. The normalized spacial score (nSPS) is 20.7. The molecule has 2 rings (SSSR count). The summed E-state index contributed by atoms with van der Waals surface area (Å²) in [6.07, 6.45) is 3.08. The van der Waals surface area contributed by atoms with Crippen molar-refractivity contribution in [2.24, 2.45) is 5.92 Å². The molecule has 1 aliphatic heterocycles. The second-order valence-corrected chi connectivity index (χ2v) is 4.71. The summed E-state index contributed by atoms with van der Waals surface area (Å²) >= 11 is 0. The van der Waals surface area contributed by atoms with Gasteiger partial charge in [-0.1, -0.05) is 23.8 Å². The van der Waals surface area contributed by atoms with E-state index in [9.17, 15) is 4.79 Å². The highest BCUT2D eigenvalue weighted by Gasteiger charge is 2.17. The smallest absolute Gasteiger partial charge is 0.163 e. The number of aryl methyl sites for hydroxylation is 1. The number of hydrogen-bond acceptors (Lipinski definition) is 2. The van der Waals surface area contributed by atoms with E-state index in [0.717, 1.165) is 24.2 Å². The number of ketones is 1. The summed E-state index contributed by atoms with van der Waals surface area (Å²) in [5.74, 6) is 0.819. The molecule has 0 radical (unpaired) electrons. The number of Topliss-reactive ketones (excluding diaryl/α,β-unsaturated/α-hetero) is 1. The largest absolute Gasteiger partial charge is 0.316 e. The Labute approximate surface area is 97.1 Å². The van der Waals surface area contributed by atoms with Gasteiger partial charge in [-0.2, -0.15) is 0 Å². The van der Waals surface area contributed by atoms with Crippen molar-refractivity contribution in [3.8, 4) is 0 Å². The van der Waals surface area contributed by atoms with Crippen molar-refractivity contribution in [1.82, 2.24) is 5.32 Å². The Kier molecular flexibility index (Phi) is 3.73. The monoisotopic (exact) mass is 217 g/mol. The average molecular weight is 217 g/mol. The van der Waals surface area contributed by atoms with E-state index in [1.165, 1.54) is 12.8 Å². The summed E-state index contributed by atoms with van der Waals surface area (Å²) in [4.78, 5) is 12.0. The molecule has 0 aromatic heterocycles. The van der Waals surface area contributed by atoms with Crippen molar-refractivity contribution >= 4 is 5.78 Å². The molecular weight excluding hydrogens is 198 g/mol. The molecule has 86 valence electrons. The van der Waals surface area contributed by atoms with Gasteiger partial charge in [0.15, 0.2) is 5.78 Å². The highest BCUT2D eigenvalue weighted by Crippen LogP contribution is 2.17. The lowest BCUT2D eigenvalue weighted by Crippen LogP contribution is -2.31. The molecule has 1 aliphatic rings. The van der Waals surface area contributed by atoms with Crippen LogP contribution in [-0.2, 0) is 0 Å². The van der Waals surface area contributed by atoms with Gasteiger partial charge in [0, 0.05) is 12.0 Å². The maximum Gasteiger partial charge on any atom is 0.163 e. The molecule has 1 N–H and O–H groups in total. The maximum absolute atomic E-state index is 12.0. The first kappa shape index (κ1) is 11.3. The summed E-state index contributed by atoms with van der Waals surface area (Å²) < 4.78 is 0. The van der Waals surface area contributed by atoms with Gasteiger partial charge in [-0.05, 0) is 44.8 Å². The molecule has 1 aromatic carbocycles. The fourth-order valence-corrected chi connectivity index (χ4v) is 2.30. The van der Waals surface area contributed by atoms with Crippen molar-refractivity contribution in [3.05, 3.63) is 35.4 Å². The number of rotatable bonds is 3. The Balaban J connectivity index is 1.97. The minimum Gasteiger partial charge on any atom is -0.316 e. The highest BCUT2D eigenvalue weighted by atomic mass is 16.1. The number of nitrogens with one attached hydrogen (secondary N) is 1. The fraction of sp³-hybridized carbons (Fsp3) is 0.500. The standard InChI is InChI=1S/C14H19NO/c1-11-4-2-6-13(8-11)14(16)9-12-5-3-7-15-10-12/h2,4,6,8,12,15H,3,5,7,9-10H2,1H3. The molecule has 0 bridgehead atoms. The van der Waals surface area contributed by atoms with Gasteiger partial charge < -0.3 is 5.32 Å². The molecule has 1 unspecified atom stereocenters. The zero-order chi connectivity index (χ0) is 11.4. The van der Waals surface area contributed by atoms with E-state index < -0.39 is 0 Å². The van der Waals surface area contributed by atoms with Crippen LogP contribution in [-0.4, -0.2) is 18.9 Å². The lowest BCUT2D eigenvalue weighted by atomic mass is 9.91. The van der Waals surface area contributed by atoms with Gasteiger partial charge in [-0.15, -0.1) is 0 Å². The van der Waals surface area contributed by atoms with E-state index in [0.29, 0.717) is 12.3 Å². The molecule has 1 heterocycles. The molecule has 0 amide bonds. The van der Waals surface area contributed by atoms with Crippen LogP contribution < -0.4 is 5.32 Å². The quantitative estimate of drug-likeness (QED) is 0.788. The summed E-state index contributed by atoms with van der Waals surface area (Å²) in [7, 11) is 0. The van der Waals surface area contributed by atoms with Crippen LogP contribution in [0.4, 0.5) is 0 Å². The van der Waals surface area contributed by atoms with Crippen LogP contribution in [0.2, 0.25) is 0 Å². The molecule has 1 fully saturated rings. The Morgan fingerprint density at radius 3 is 3.06 bits per heavy atom. The number of piperidine rings is 1.